The number of halogens is 2. The Balaban J connectivity index is 1.52. The maximum atomic E-state index is 15.1. The summed E-state index contributed by atoms with van der Waals surface area (Å²) in [5, 5.41) is 14.2. The van der Waals surface area contributed by atoms with Crippen molar-refractivity contribution in [1.82, 2.24) is 24.3 Å². The first kappa shape index (κ1) is 21.9. The van der Waals surface area contributed by atoms with Gasteiger partial charge in [-0.3, -0.25) is 4.79 Å². The number of amides is 1. The number of hydrogen-bond acceptors (Lipinski definition) is 6. The number of unbranched alkanes of at least 4 members (excludes halogenated alkanes) is 1. The van der Waals surface area contributed by atoms with E-state index in [1.807, 2.05) is 10.6 Å². The summed E-state index contributed by atoms with van der Waals surface area (Å²) in [6.45, 7) is 2.10. The van der Waals surface area contributed by atoms with Crippen molar-refractivity contribution in [3.05, 3.63) is 64.5 Å². The molecule has 0 saturated heterocycles. The van der Waals surface area contributed by atoms with Crippen LogP contribution in [0.1, 0.15) is 49.4 Å². The first-order valence-electron chi connectivity index (χ1n) is 11.6. The maximum Gasteiger partial charge on any atom is 0.241 e. The van der Waals surface area contributed by atoms with Gasteiger partial charge in [0.2, 0.25) is 11.8 Å². The molecule has 8 nitrogen and oxygen atoms in total. The van der Waals surface area contributed by atoms with Crippen LogP contribution in [0.25, 0.3) is 17.2 Å². The number of carbonyl (C=O) groups excluding carboxylic acids is 1. The summed E-state index contributed by atoms with van der Waals surface area (Å²) in [6, 6.07) is 4.23. The predicted molar refractivity (Wildman–Crippen MR) is 128 cm³/mol. The van der Waals surface area contributed by atoms with E-state index < -0.39 is 17.1 Å². The van der Waals surface area contributed by atoms with E-state index in [1.54, 1.807) is 18.5 Å². The number of imidazole rings is 1. The number of hydrogen-bond donors (Lipinski definition) is 2. The molecule has 2 aliphatic rings. The lowest BCUT2D eigenvalue weighted by Crippen LogP contribution is -2.39. The van der Waals surface area contributed by atoms with Crippen molar-refractivity contribution in [2.75, 3.05) is 5.32 Å². The number of fused-ring (bicyclic) bond motifs is 2. The van der Waals surface area contributed by atoms with Crippen LogP contribution < -0.4 is 5.32 Å². The normalized spacial score (nSPS) is 19.2. The van der Waals surface area contributed by atoms with Gasteiger partial charge in [-0.05, 0) is 43.7 Å². The third-order valence-corrected chi connectivity index (χ3v) is 7.09. The molecule has 0 radical (unpaired) electrons. The molecule has 1 aromatic carbocycles. The second-order valence-electron chi connectivity index (χ2n) is 9.09. The summed E-state index contributed by atoms with van der Waals surface area (Å²) in [4.78, 5) is 31.5. The van der Waals surface area contributed by atoms with Crippen LogP contribution in [-0.2, 0) is 16.6 Å². The number of aromatic nitrogens is 5. The number of anilines is 1. The molecule has 4 aromatic rings. The fourth-order valence-corrected chi connectivity index (χ4v) is 5.30. The molecule has 3 aromatic heterocycles. The molecule has 1 fully saturated rings. The summed E-state index contributed by atoms with van der Waals surface area (Å²) >= 11 is 5.97. The van der Waals surface area contributed by atoms with Gasteiger partial charge in [0.25, 0.3) is 0 Å². The smallest absolute Gasteiger partial charge is 0.241 e. The molecule has 1 saturated carbocycles. The van der Waals surface area contributed by atoms with Crippen LogP contribution in [0, 0.1) is 11.7 Å². The van der Waals surface area contributed by atoms with Gasteiger partial charge in [0.05, 0.1) is 11.3 Å². The summed E-state index contributed by atoms with van der Waals surface area (Å²) in [5.41, 5.74) is 0.942. The fourth-order valence-electron chi connectivity index (χ4n) is 5.15. The lowest BCUT2D eigenvalue weighted by molar-refractivity contribution is -0.120. The Morgan fingerprint density at radius 3 is 2.86 bits per heavy atom. The Bertz CT molecular complexity index is 1500. The zero-order valence-electron chi connectivity index (χ0n) is 18.9. The topological polar surface area (TPSA) is 105 Å². The standard InChI is InChI=1S/C25H22ClFN6O2/c1-2-3-4-17-22-28-9-10-33(22)12-18(29-17)20-30-21-19(23(34)31-20)25(13-5-6-13,24(35)32-21)15-8-7-14(26)11-16(15)27/h7-13H,2-6H2,1H3,(H2,30,31,32,34,35). The lowest BCUT2D eigenvalue weighted by Gasteiger charge is -2.28. The Hall–Kier alpha value is -3.59. The average Bonchev–Trinajstić information content (AvgIpc) is 3.48. The van der Waals surface area contributed by atoms with E-state index in [-0.39, 0.29) is 39.6 Å². The van der Waals surface area contributed by atoms with E-state index in [9.17, 15) is 9.90 Å². The van der Waals surface area contributed by atoms with Crippen LogP contribution in [0.5, 0.6) is 5.88 Å². The first-order chi connectivity index (χ1) is 16.9. The highest BCUT2D eigenvalue weighted by atomic mass is 35.5. The largest absolute Gasteiger partial charge is 0.493 e. The van der Waals surface area contributed by atoms with Crippen molar-refractivity contribution in [3.63, 3.8) is 0 Å². The van der Waals surface area contributed by atoms with Gasteiger partial charge in [0, 0.05) is 29.2 Å². The van der Waals surface area contributed by atoms with E-state index in [4.69, 9.17) is 16.6 Å². The molecule has 2 N–H and O–H groups in total. The number of carbonyl (C=O) groups is 1. The molecule has 1 atom stereocenters. The Labute approximate surface area is 205 Å². The fraction of sp³-hybridized carbons (Fsp3) is 0.320. The molecule has 1 aliphatic heterocycles. The molecule has 1 amide bonds. The number of nitrogens with zero attached hydrogens (tertiary/aromatic N) is 5. The molecule has 0 spiro atoms. The van der Waals surface area contributed by atoms with Crippen LogP contribution in [-0.4, -0.2) is 35.4 Å². The Kier molecular flexibility index (Phi) is 5.00. The van der Waals surface area contributed by atoms with Crippen molar-refractivity contribution >= 4 is 29.0 Å². The second kappa shape index (κ2) is 7.98. The van der Waals surface area contributed by atoms with Gasteiger partial charge in [-0.25, -0.2) is 19.3 Å². The summed E-state index contributed by atoms with van der Waals surface area (Å²) in [6.07, 6.45) is 9.37. The highest BCUT2D eigenvalue weighted by Gasteiger charge is 2.61. The summed E-state index contributed by atoms with van der Waals surface area (Å²) in [5.74, 6) is -1.25. The first-order valence-corrected chi connectivity index (χ1v) is 12.0. The molecule has 35 heavy (non-hydrogen) atoms. The molecular weight excluding hydrogens is 471 g/mol. The molecule has 4 heterocycles. The quantitative estimate of drug-likeness (QED) is 0.405. The van der Waals surface area contributed by atoms with Crippen molar-refractivity contribution in [1.29, 1.82) is 0 Å². The maximum absolute atomic E-state index is 15.1. The number of benzene rings is 1. The number of nitrogens with one attached hydrogen (secondary N) is 1. The van der Waals surface area contributed by atoms with E-state index >= 15 is 4.39 Å². The summed E-state index contributed by atoms with van der Waals surface area (Å²) in [7, 11) is 0. The number of aryl methyl sites for hydroxylation is 1. The zero-order valence-corrected chi connectivity index (χ0v) is 19.7. The van der Waals surface area contributed by atoms with Crippen molar-refractivity contribution in [2.45, 2.75) is 44.4 Å². The summed E-state index contributed by atoms with van der Waals surface area (Å²) < 4.78 is 17.0. The number of aromatic hydroxyl groups is 1. The third-order valence-electron chi connectivity index (χ3n) is 6.86. The van der Waals surface area contributed by atoms with Gasteiger partial charge in [-0.1, -0.05) is 31.0 Å². The molecular formula is C25H22ClFN6O2. The van der Waals surface area contributed by atoms with E-state index in [0.717, 1.165) is 43.4 Å². The van der Waals surface area contributed by atoms with Crippen LogP contribution >= 0.6 is 11.6 Å². The molecule has 1 aliphatic carbocycles. The van der Waals surface area contributed by atoms with Crippen molar-refractivity contribution in [2.24, 2.45) is 5.92 Å². The molecule has 1 unspecified atom stereocenters. The van der Waals surface area contributed by atoms with E-state index in [0.29, 0.717) is 5.69 Å². The minimum atomic E-state index is -1.42. The highest BCUT2D eigenvalue weighted by molar-refractivity contribution is 6.30. The lowest BCUT2D eigenvalue weighted by atomic mass is 9.71. The minimum absolute atomic E-state index is 0.159. The predicted octanol–water partition coefficient (Wildman–Crippen LogP) is 4.68. The monoisotopic (exact) mass is 492 g/mol. The van der Waals surface area contributed by atoms with Gasteiger partial charge in [-0.15, -0.1) is 0 Å². The van der Waals surface area contributed by atoms with Gasteiger partial charge in [-0.2, -0.15) is 4.98 Å². The van der Waals surface area contributed by atoms with Crippen LogP contribution in [0.2, 0.25) is 5.02 Å². The zero-order chi connectivity index (χ0) is 24.3. The molecule has 6 rings (SSSR count). The van der Waals surface area contributed by atoms with Gasteiger partial charge >= 0.3 is 0 Å². The van der Waals surface area contributed by atoms with Crippen LogP contribution in [0.4, 0.5) is 10.2 Å². The van der Waals surface area contributed by atoms with Crippen LogP contribution in [0.3, 0.4) is 0 Å². The average molecular weight is 493 g/mol. The molecule has 10 heteroatoms. The highest BCUT2D eigenvalue weighted by Crippen LogP contribution is 2.58. The van der Waals surface area contributed by atoms with Gasteiger partial charge in [0.1, 0.15) is 22.7 Å². The van der Waals surface area contributed by atoms with E-state index in [1.165, 1.54) is 12.1 Å². The minimum Gasteiger partial charge on any atom is -0.493 e. The van der Waals surface area contributed by atoms with Crippen molar-refractivity contribution in [3.8, 4) is 17.4 Å². The van der Waals surface area contributed by atoms with Gasteiger partial charge in [0.15, 0.2) is 11.5 Å². The Morgan fingerprint density at radius 2 is 2.11 bits per heavy atom. The molecule has 178 valence electrons. The van der Waals surface area contributed by atoms with Gasteiger partial charge < -0.3 is 14.8 Å². The number of rotatable bonds is 6. The SMILES string of the molecule is CCCCc1nc(-c2nc(O)c3c(n2)NC(=O)C3(c2ccc(Cl)cc2F)C2CC2)cn2ccnc12. The molecule has 0 bridgehead atoms. The van der Waals surface area contributed by atoms with Crippen LogP contribution in [0.15, 0.2) is 36.8 Å². The third kappa shape index (κ3) is 3.29. The van der Waals surface area contributed by atoms with Crippen molar-refractivity contribution < 1.29 is 14.3 Å². The van der Waals surface area contributed by atoms with E-state index in [2.05, 4.69) is 27.2 Å². The Morgan fingerprint density at radius 1 is 1.29 bits per heavy atom. The second-order valence-corrected chi connectivity index (χ2v) is 9.53.